The first-order chi connectivity index (χ1) is 9.72. The third-order valence-electron chi connectivity index (χ3n) is 4.34. The number of carbonyl (C=O) groups is 1. The highest BCUT2D eigenvalue weighted by atomic mass is 16.5. The highest BCUT2D eigenvalue weighted by Gasteiger charge is 2.21. The molecule has 1 saturated heterocycles. The number of hydrogen-bond acceptors (Lipinski definition) is 2. The van der Waals surface area contributed by atoms with Crippen LogP contribution in [-0.4, -0.2) is 30.5 Å². The second-order valence-corrected chi connectivity index (χ2v) is 6.16. The van der Waals surface area contributed by atoms with Crippen molar-refractivity contribution in [3.8, 4) is 5.75 Å². The molecule has 1 unspecified atom stereocenters. The van der Waals surface area contributed by atoms with Crippen molar-refractivity contribution < 1.29 is 9.53 Å². The van der Waals surface area contributed by atoms with Crippen LogP contribution < -0.4 is 4.74 Å². The van der Waals surface area contributed by atoms with E-state index in [2.05, 4.69) is 13.0 Å². The van der Waals surface area contributed by atoms with Gasteiger partial charge < -0.3 is 9.64 Å². The van der Waals surface area contributed by atoms with Crippen LogP contribution in [0.25, 0.3) is 0 Å². The van der Waals surface area contributed by atoms with E-state index in [1.54, 1.807) is 0 Å². The van der Waals surface area contributed by atoms with Crippen molar-refractivity contribution >= 4 is 5.91 Å². The van der Waals surface area contributed by atoms with Gasteiger partial charge in [-0.15, -0.1) is 0 Å². The van der Waals surface area contributed by atoms with Crippen LogP contribution in [0.3, 0.4) is 0 Å². The molecule has 20 heavy (non-hydrogen) atoms. The minimum atomic E-state index is 0.272. The maximum atomic E-state index is 12.4. The molecule has 1 aromatic rings. The van der Waals surface area contributed by atoms with Crippen LogP contribution in [-0.2, 0) is 17.6 Å². The Kier molecular flexibility index (Phi) is 3.95. The molecule has 0 bridgehead atoms. The summed E-state index contributed by atoms with van der Waals surface area (Å²) in [7, 11) is 0. The van der Waals surface area contributed by atoms with Gasteiger partial charge in [-0.1, -0.05) is 19.1 Å². The van der Waals surface area contributed by atoms with E-state index in [1.807, 2.05) is 17.0 Å². The lowest BCUT2D eigenvalue weighted by Gasteiger charge is -2.31. The van der Waals surface area contributed by atoms with E-state index in [-0.39, 0.29) is 5.91 Å². The molecule has 0 spiro atoms. The van der Waals surface area contributed by atoms with E-state index >= 15 is 0 Å². The number of piperidine rings is 1. The summed E-state index contributed by atoms with van der Waals surface area (Å²) in [6, 6.07) is 6.21. The van der Waals surface area contributed by atoms with E-state index < -0.39 is 0 Å². The van der Waals surface area contributed by atoms with Crippen molar-refractivity contribution in [2.45, 2.75) is 39.0 Å². The smallest absolute Gasteiger partial charge is 0.226 e. The van der Waals surface area contributed by atoms with Gasteiger partial charge in [0.1, 0.15) is 5.75 Å². The summed E-state index contributed by atoms with van der Waals surface area (Å²) < 4.78 is 5.62. The van der Waals surface area contributed by atoms with E-state index in [0.29, 0.717) is 12.3 Å². The van der Waals surface area contributed by atoms with Crippen LogP contribution in [0.5, 0.6) is 5.75 Å². The zero-order valence-corrected chi connectivity index (χ0v) is 12.2. The highest BCUT2D eigenvalue weighted by Crippen LogP contribution is 2.26. The van der Waals surface area contributed by atoms with Crippen molar-refractivity contribution in [1.29, 1.82) is 0 Å². The molecular formula is C17H23NO2. The zero-order valence-electron chi connectivity index (χ0n) is 12.2. The molecule has 0 aliphatic carbocycles. The number of rotatable bonds is 2. The Labute approximate surface area is 120 Å². The summed E-state index contributed by atoms with van der Waals surface area (Å²) in [5.41, 5.74) is 2.38. The van der Waals surface area contributed by atoms with Crippen LogP contribution in [0.4, 0.5) is 0 Å². The first-order valence-corrected chi connectivity index (χ1v) is 7.75. The summed E-state index contributed by atoms with van der Waals surface area (Å²) in [4.78, 5) is 14.4. The lowest BCUT2D eigenvalue weighted by Crippen LogP contribution is -2.39. The van der Waals surface area contributed by atoms with Crippen molar-refractivity contribution in [3.05, 3.63) is 29.3 Å². The summed E-state index contributed by atoms with van der Waals surface area (Å²) in [5.74, 6) is 1.91. The summed E-state index contributed by atoms with van der Waals surface area (Å²) >= 11 is 0. The fourth-order valence-corrected chi connectivity index (χ4v) is 3.23. The van der Waals surface area contributed by atoms with E-state index in [9.17, 15) is 4.79 Å². The molecule has 1 fully saturated rings. The van der Waals surface area contributed by atoms with E-state index in [4.69, 9.17) is 4.74 Å². The van der Waals surface area contributed by atoms with Gasteiger partial charge in [0.2, 0.25) is 5.91 Å². The highest BCUT2D eigenvalue weighted by molar-refractivity contribution is 5.79. The van der Waals surface area contributed by atoms with Crippen molar-refractivity contribution in [1.82, 2.24) is 4.90 Å². The molecule has 2 heterocycles. The maximum Gasteiger partial charge on any atom is 0.226 e. The molecule has 0 N–H and O–H groups in total. The molecule has 3 rings (SSSR count). The zero-order chi connectivity index (χ0) is 13.9. The van der Waals surface area contributed by atoms with Gasteiger partial charge in [-0.3, -0.25) is 4.79 Å². The number of nitrogens with zero attached hydrogens (tertiary/aromatic N) is 1. The molecular weight excluding hydrogens is 250 g/mol. The van der Waals surface area contributed by atoms with Gasteiger partial charge in [0.25, 0.3) is 0 Å². The lowest BCUT2D eigenvalue weighted by atomic mass is 9.98. The van der Waals surface area contributed by atoms with Gasteiger partial charge in [-0.25, -0.2) is 0 Å². The number of carbonyl (C=O) groups excluding carboxylic acids is 1. The quantitative estimate of drug-likeness (QED) is 0.829. The fraction of sp³-hybridized carbons (Fsp3) is 0.588. The van der Waals surface area contributed by atoms with Crippen molar-refractivity contribution in [3.63, 3.8) is 0 Å². The van der Waals surface area contributed by atoms with Gasteiger partial charge >= 0.3 is 0 Å². The molecule has 3 heteroatoms. The van der Waals surface area contributed by atoms with Gasteiger partial charge in [-0.05, 0) is 48.8 Å². The van der Waals surface area contributed by atoms with Crippen LogP contribution in [0.1, 0.15) is 37.3 Å². The fourth-order valence-electron chi connectivity index (χ4n) is 3.23. The number of benzene rings is 1. The molecule has 1 aromatic carbocycles. The molecule has 3 nitrogen and oxygen atoms in total. The van der Waals surface area contributed by atoms with E-state index in [1.165, 1.54) is 12.0 Å². The Morgan fingerprint density at radius 3 is 3.15 bits per heavy atom. The normalized spacial score (nSPS) is 22.1. The first-order valence-electron chi connectivity index (χ1n) is 7.75. The second kappa shape index (κ2) is 5.86. The SMILES string of the molecule is CC1CCCN(C(=O)Cc2ccc3c(c2)CCCO3)C1. The number of ether oxygens (including phenoxy) is 1. The van der Waals surface area contributed by atoms with E-state index in [0.717, 1.165) is 50.3 Å². The monoisotopic (exact) mass is 273 g/mol. The number of amides is 1. The van der Waals surface area contributed by atoms with Crippen molar-refractivity contribution in [2.24, 2.45) is 5.92 Å². The Hall–Kier alpha value is -1.51. The number of likely N-dealkylation sites (tertiary alicyclic amines) is 1. The second-order valence-electron chi connectivity index (χ2n) is 6.16. The third kappa shape index (κ3) is 2.97. The topological polar surface area (TPSA) is 29.5 Å². The Balaban J connectivity index is 1.66. The predicted molar refractivity (Wildman–Crippen MR) is 78.9 cm³/mol. The van der Waals surface area contributed by atoms with Gasteiger partial charge in [0.15, 0.2) is 0 Å². The average Bonchev–Trinajstić information content (AvgIpc) is 2.47. The minimum absolute atomic E-state index is 0.272. The third-order valence-corrected chi connectivity index (χ3v) is 4.34. The Bertz CT molecular complexity index is 498. The Morgan fingerprint density at radius 1 is 1.40 bits per heavy atom. The Morgan fingerprint density at radius 2 is 2.30 bits per heavy atom. The standard InChI is InChI=1S/C17H23NO2/c1-13-4-2-8-18(12-13)17(19)11-14-6-7-16-15(10-14)5-3-9-20-16/h6-7,10,13H,2-5,8-9,11-12H2,1H3. The summed E-state index contributed by atoms with van der Waals surface area (Å²) in [5, 5.41) is 0. The molecule has 1 amide bonds. The van der Waals surface area contributed by atoms with Crippen LogP contribution in [0.2, 0.25) is 0 Å². The lowest BCUT2D eigenvalue weighted by molar-refractivity contribution is -0.132. The van der Waals surface area contributed by atoms with Gasteiger partial charge in [-0.2, -0.15) is 0 Å². The molecule has 0 radical (unpaired) electrons. The van der Waals surface area contributed by atoms with Gasteiger partial charge in [0.05, 0.1) is 13.0 Å². The minimum Gasteiger partial charge on any atom is -0.493 e. The average molecular weight is 273 g/mol. The van der Waals surface area contributed by atoms with Crippen molar-refractivity contribution in [2.75, 3.05) is 19.7 Å². The maximum absolute atomic E-state index is 12.4. The first kappa shape index (κ1) is 13.5. The number of aryl methyl sites for hydroxylation is 1. The van der Waals surface area contributed by atoms with Crippen LogP contribution in [0.15, 0.2) is 18.2 Å². The molecule has 2 aliphatic heterocycles. The number of hydrogen-bond donors (Lipinski definition) is 0. The summed E-state index contributed by atoms with van der Waals surface area (Å²) in [6.07, 6.45) is 5.07. The summed E-state index contributed by atoms with van der Waals surface area (Å²) in [6.45, 7) is 4.90. The van der Waals surface area contributed by atoms with Crippen LogP contribution >= 0.6 is 0 Å². The molecule has 2 aliphatic rings. The molecule has 0 saturated carbocycles. The van der Waals surface area contributed by atoms with Crippen LogP contribution in [0, 0.1) is 5.92 Å². The van der Waals surface area contributed by atoms with Gasteiger partial charge in [0, 0.05) is 13.1 Å². The number of fused-ring (bicyclic) bond motifs is 1. The predicted octanol–water partition coefficient (Wildman–Crippen LogP) is 2.81. The molecule has 1 atom stereocenters. The molecule has 108 valence electrons. The molecule has 0 aromatic heterocycles. The largest absolute Gasteiger partial charge is 0.493 e.